The van der Waals surface area contributed by atoms with E-state index in [0.717, 1.165) is 11.3 Å². The van der Waals surface area contributed by atoms with Crippen molar-refractivity contribution in [3.05, 3.63) is 45.0 Å². The molecule has 1 aromatic carbocycles. The summed E-state index contributed by atoms with van der Waals surface area (Å²) in [5.74, 6) is -1.22. The highest BCUT2D eigenvalue weighted by Gasteiger charge is 2.21. The first-order chi connectivity index (χ1) is 11.4. The Morgan fingerprint density at radius 1 is 1.21 bits per heavy atom. The third kappa shape index (κ3) is 2.78. The van der Waals surface area contributed by atoms with Crippen LogP contribution in [0.5, 0.6) is 0 Å². The Kier molecular flexibility index (Phi) is 4.33. The number of esters is 1. The number of halogens is 1. The van der Waals surface area contributed by atoms with E-state index in [0.29, 0.717) is 36.2 Å². The molecule has 0 aliphatic rings. The minimum Gasteiger partial charge on any atom is -0.465 e. The number of methoxy groups -OCH3 is 1. The highest BCUT2D eigenvalue weighted by Crippen LogP contribution is 2.33. The number of nitrogens with zero attached hydrogens (tertiary/aromatic N) is 1. The van der Waals surface area contributed by atoms with Crippen molar-refractivity contribution in [3.8, 4) is 0 Å². The molecule has 0 unspecified atom stereocenters. The van der Waals surface area contributed by atoms with Gasteiger partial charge in [0.2, 0.25) is 0 Å². The zero-order valence-electron chi connectivity index (χ0n) is 13.1. The molecule has 2 aromatic heterocycles. The van der Waals surface area contributed by atoms with E-state index in [1.165, 1.54) is 24.5 Å². The van der Waals surface area contributed by atoms with E-state index < -0.39 is 5.97 Å². The van der Waals surface area contributed by atoms with Gasteiger partial charge in [-0.2, -0.15) is 0 Å². The number of hydrogen-bond acceptors (Lipinski definition) is 6. The fourth-order valence-electron chi connectivity index (χ4n) is 2.36. The molecule has 0 aliphatic carbocycles. The van der Waals surface area contributed by atoms with E-state index in [-0.39, 0.29) is 11.7 Å². The fraction of sp³-hybridized carbons (Fsp3) is 0.188. The predicted octanol–water partition coefficient (Wildman–Crippen LogP) is 4.15. The van der Waals surface area contributed by atoms with Crippen LogP contribution < -0.4 is 5.32 Å². The van der Waals surface area contributed by atoms with Crippen LogP contribution in [0.3, 0.4) is 0 Å². The number of carbonyl (C=O) groups is 2. The second-order valence-corrected chi connectivity index (χ2v) is 7.10. The fourth-order valence-corrected chi connectivity index (χ4v) is 4.35. The van der Waals surface area contributed by atoms with Gasteiger partial charge in [0, 0.05) is 10.1 Å². The molecular formula is C16H13FN2O3S2. The summed E-state index contributed by atoms with van der Waals surface area (Å²) in [5.41, 5.74) is 1.08. The summed E-state index contributed by atoms with van der Waals surface area (Å²) >= 11 is 2.26. The van der Waals surface area contributed by atoms with Gasteiger partial charge < -0.3 is 4.74 Å². The Labute approximate surface area is 145 Å². The second-order valence-electron chi connectivity index (χ2n) is 5.05. The van der Waals surface area contributed by atoms with Crippen LogP contribution in [0.2, 0.25) is 0 Å². The average molecular weight is 364 g/mol. The summed E-state index contributed by atoms with van der Waals surface area (Å²) in [4.78, 5) is 29.0. The van der Waals surface area contributed by atoms with Gasteiger partial charge in [0.05, 0.1) is 17.7 Å². The summed E-state index contributed by atoms with van der Waals surface area (Å²) in [5, 5.41) is 3.43. The number of amides is 1. The van der Waals surface area contributed by atoms with Gasteiger partial charge in [-0.1, -0.05) is 17.4 Å². The average Bonchev–Trinajstić information content (AvgIpc) is 3.08. The molecule has 8 heteroatoms. The van der Waals surface area contributed by atoms with Gasteiger partial charge in [-0.25, -0.2) is 14.2 Å². The lowest BCUT2D eigenvalue weighted by atomic mass is 10.1. The Morgan fingerprint density at radius 2 is 1.96 bits per heavy atom. The monoisotopic (exact) mass is 364 g/mol. The number of aromatic nitrogens is 1. The van der Waals surface area contributed by atoms with Crippen molar-refractivity contribution < 1.29 is 18.7 Å². The number of thiophene rings is 1. The molecule has 1 amide bonds. The zero-order valence-corrected chi connectivity index (χ0v) is 14.7. The third-order valence-corrected chi connectivity index (χ3v) is 5.81. The van der Waals surface area contributed by atoms with Crippen LogP contribution in [0.4, 0.5) is 9.52 Å². The molecule has 2 heterocycles. The normalized spacial score (nSPS) is 10.8. The van der Waals surface area contributed by atoms with E-state index >= 15 is 0 Å². The number of carbonyl (C=O) groups excluding carboxylic acids is 2. The molecule has 0 spiro atoms. The maximum atomic E-state index is 13.9. The summed E-state index contributed by atoms with van der Waals surface area (Å²) in [7, 11) is 1.29. The standard InChI is InChI=1S/C16H13FN2O3S2/c1-7-11-9(17)5-4-6-10(11)23-12(7)14(20)19-16-18-8(2)13(24-16)15(21)22-3/h4-6H,1-3H3,(H,18,19,20). The van der Waals surface area contributed by atoms with Crippen LogP contribution in [-0.4, -0.2) is 24.0 Å². The second kappa shape index (κ2) is 6.29. The first-order valence-corrected chi connectivity index (χ1v) is 8.60. The quantitative estimate of drug-likeness (QED) is 0.709. The predicted molar refractivity (Wildman–Crippen MR) is 92.7 cm³/mol. The van der Waals surface area contributed by atoms with Gasteiger partial charge in [0.15, 0.2) is 5.13 Å². The lowest BCUT2D eigenvalue weighted by molar-refractivity contribution is 0.0605. The Balaban J connectivity index is 1.92. The minimum atomic E-state index is -0.495. The van der Waals surface area contributed by atoms with Gasteiger partial charge in [-0.15, -0.1) is 11.3 Å². The van der Waals surface area contributed by atoms with E-state index in [1.54, 1.807) is 26.0 Å². The Morgan fingerprint density at radius 3 is 2.62 bits per heavy atom. The van der Waals surface area contributed by atoms with Crippen LogP contribution in [0.1, 0.15) is 30.6 Å². The molecule has 0 fully saturated rings. The minimum absolute atomic E-state index is 0.301. The molecule has 1 N–H and O–H groups in total. The number of thiazole rings is 1. The molecule has 0 bridgehead atoms. The summed E-state index contributed by atoms with van der Waals surface area (Å²) < 4.78 is 19.3. The Hall–Kier alpha value is -2.32. The van der Waals surface area contributed by atoms with Gasteiger partial charge in [0.1, 0.15) is 10.7 Å². The lowest BCUT2D eigenvalue weighted by Crippen LogP contribution is -2.11. The van der Waals surface area contributed by atoms with Crippen molar-refractivity contribution in [2.24, 2.45) is 0 Å². The van der Waals surface area contributed by atoms with Crippen molar-refractivity contribution >= 4 is 49.8 Å². The van der Waals surface area contributed by atoms with Crippen molar-refractivity contribution in [1.82, 2.24) is 4.98 Å². The topological polar surface area (TPSA) is 68.3 Å². The van der Waals surface area contributed by atoms with E-state index in [9.17, 15) is 14.0 Å². The van der Waals surface area contributed by atoms with E-state index in [4.69, 9.17) is 0 Å². The van der Waals surface area contributed by atoms with Crippen LogP contribution in [0.25, 0.3) is 10.1 Å². The summed E-state index contributed by atoms with van der Waals surface area (Å²) in [6.07, 6.45) is 0. The molecule has 5 nitrogen and oxygen atoms in total. The first-order valence-electron chi connectivity index (χ1n) is 6.97. The molecule has 24 heavy (non-hydrogen) atoms. The molecule has 0 saturated heterocycles. The largest absolute Gasteiger partial charge is 0.465 e. The summed E-state index contributed by atoms with van der Waals surface area (Å²) in [6.45, 7) is 3.38. The van der Waals surface area contributed by atoms with Gasteiger partial charge in [-0.3, -0.25) is 10.1 Å². The van der Waals surface area contributed by atoms with Crippen molar-refractivity contribution in [1.29, 1.82) is 0 Å². The molecule has 124 valence electrons. The number of hydrogen-bond donors (Lipinski definition) is 1. The molecule has 0 aliphatic heterocycles. The number of anilines is 1. The third-order valence-electron chi connectivity index (χ3n) is 3.50. The van der Waals surface area contributed by atoms with Crippen molar-refractivity contribution in [2.45, 2.75) is 13.8 Å². The van der Waals surface area contributed by atoms with Crippen LogP contribution in [0.15, 0.2) is 18.2 Å². The maximum Gasteiger partial charge on any atom is 0.350 e. The highest BCUT2D eigenvalue weighted by atomic mass is 32.1. The number of benzene rings is 1. The van der Waals surface area contributed by atoms with Crippen molar-refractivity contribution in [2.75, 3.05) is 12.4 Å². The van der Waals surface area contributed by atoms with E-state index in [2.05, 4.69) is 15.0 Å². The zero-order chi connectivity index (χ0) is 17.4. The first kappa shape index (κ1) is 16.5. The SMILES string of the molecule is COC(=O)c1sc(NC(=O)c2sc3cccc(F)c3c2C)nc1C. The van der Waals surface area contributed by atoms with Gasteiger partial charge >= 0.3 is 5.97 Å². The number of rotatable bonds is 3. The number of nitrogens with one attached hydrogen (secondary N) is 1. The van der Waals surface area contributed by atoms with Crippen LogP contribution in [-0.2, 0) is 4.74 Å². The number of fused-ring (bicyclic) bond motifs is 1. The van der Waals surface area contributed by atoms with Gasteiger partial charge in [0.25, 0.3) is 5.91 Å². The molecular weight excluding hydrogens is 351 g/mol. The molecule has 3 rings (SSSR count). The Bertz CT molecular complexity index is 962. The lowest BCUT2D eigenvalue weighted by Gasteiger charge is -2.00. The molecule has 3 aromatic rings. The molecule has 0 atom stereocenters. The van der Waals surface area contributed by atoms with Crippen LogP contribution >= 0.6 is 22.7 Å². The smallest absolute Gasteiger partial charge is 0.350 e. The number of aryl methyl sites for hydroxylation is 2. The molecule has 0 radical (unpaired) electrons. The summed E-state index contributed by atoms with van der Waals surface area (Å²) in [6, 6.07) is 4.76. The maximum absolute atomic E-state index is 13.9. The number of ether oxygens (including phenoxy) is 1. The molecule has 0 saturated carbocycles. The van der Waals surface area contributed by atoms with Crippen molar-refractivity contribution in [3.63, 3.8) is 0 Å². The van der Waals surface area contributed by atoms with Gasteiger partial charge in [-0.05, 0) is 31.5 Å². The van der Waals surface area contributed by atoms with Crippen LogP contribution in [0, 0.1) is 19.7 Å². The highest BCUT2D eigenvalue weighted by molar-refractivity contribution is 7.21. The van der Waals surface area contributed by atoms with E-state index in [1.807, 2.05) is 0 Å².